The lowest BCUT2D eigenvalue weighted by Crippen LogP contribution is -2.53. The van der Waals surface area contributed by atoms with Crippen molar-refractivity contribution in [1.29, 1.82) is 0 Å². The molecule has 0 bridgehead atoms. The van der Waals surface area contributed by atoms with Crippen LogP contribution in [0.1, 0.15) is 48.7 Å². The van der Waals surface area contributed by atoms with E-state index >= 15 is 0 Å². The van der Waals surface area contributed by atoms with Gasteiger partial charge in [0.05, 0.1) is 5.56 Å². The van der Waals surface area contributed by atoms with Crippen molar-refractivity contribution in [1.82, 2.24) is 9.88 Å². The number of carbonyl (C=O) groups is 2. The van der Waals surface area contributed by atoms with E-state index in [1.807, 2.05) is 6.92 Å². The summed E-state index contributed by atoms with van der Waals surface area (Å²) >= 11 is 0. The summed E-state index contributed by atoms with van der Waals surface area (Å²) < 4.78 is 0. The van der Waals surface area contributed by atoms with Crippen LogP contribution < -0.4 is 0 Å². The van der Waals surface area contributed by atoms with E-state index in [4.69, 9.17) is 0 Å². The van der Waals surface area contributed by atoms with E-state index in [0.29, 0.717) is 30.6 Å². The lowest BCUT2D eigenvalue weighted by Gasteiger charge is -2.34. The van der Waals surface area contributed by atoms with Gasteiger partial charge in [0.2, 0.25) is 0 Å². The largest absolute Gasteiger partial charge is 0.479 e. The van der Waals surface area contributed by atoms with Crippen LogP contribution in [0.25, 0.3) is 0 Å². The van der Waals surface area contributed by atoms with Crippen LogP contribution in [0.2, 0.25) is 0 Å². The summed E-state index contributed by atoms with van der Waals surface area (Å²) in [6.45, 7) is 4.21. The minimum Gasteiger partial charge on any atom is -0.479 e. The van der Waals surface area contributed by atoms with E-state index in [2.05, 4.69) is 4.98 Å². The zero-order valence-corrected chi connectivity index (χ0v) is 11.9. The SMILES string of the molecule is CCCC1(C(=O)O)CCCN1C(=O)c1cccnc1C. The lowest BCUT2D eigenvalue weighted by atomic mass is 9.90. The van der Waals surface area contributed by atoms with Gasteiger partial charge in [-0.25, -0.2) is 4.79 Å². The summed E-state index contributed by atoms with van der Waals surface area (Å²) in [6, 6.07) is 3.42. The standard InChI is InChI=1S/C15H20N2O3/c1-3-7-15(14(19)20)8-5-10-17(15)13(18)12-6-4-9-16-11(12)2/h4,6,9H,3,5,7-8,10H2,1-2H3,(H,19,20). The van der Waals surface area contributed by atoms with Crippen LogP contribution in [0.3, 0.4) is 0 Å². The van der Waals surface area contributed by atoms with Gasteiger partial charge in [0, 0.05) is 18.4 Å². The van der Waals surface area contributed by atoms with Gasteiger partial charge in [-0.3, -0.25) is 9.78 Å². The average Bonchev–Trinajstić information content (AvgIpc) is 2.84. The Hall–Kier alpha value is -1.91. The molecule has 5 nitrogen and oxygen atoms in total. The topological polar surface area (TPSA) is 70.5 Å². The number of aliphatic carboxylic acids is 1. The van der Waals surface area contributed by atoms with Crippen LogP contribution in [0.15, 0.2) is 18.3 Å². The fraction of sp³-hybridized carbons (Fsp3) is 0.533. The number of aryl methyl sites for hydroxylation is 1. The number of amides is 1. The van der Waals surface area contributed by atoms with Gasteiger partial charge >= 0.3 is 5.97 Å². The number of hydrogen-bond acceptors (Lipinski definition) is 3. The van der Waals surface area contributed by atoms with Crippen molar-refractivity contribution < 1.29 is 14.7 Å². The molecule has 1 aliphatic rings. The van der Waals surface area contributed by atoms with E-state index in [0.717, 1.165) is 12.8 Å². The maximum absolute atomic E-state index is 12.7. The second-order valence-electron chi connectivity index (χ2n) is 5.28. The predicted octanol–water partition coefficient (Wildman–Crippen LogP) is 2.25. The molecular weight excluding hydrogens is 256 g/mol. The molecule has 0 spiro atoms. The molecule has 0 aliphatic carbocycles. The minimum atomic E-state index is -1.05. The lowest BCUT2D eigenvalue weighted by molar-refractivity contribution is -0.148. The summed E-state index contributed by atoms with van der Waals surface area (Å²) in [7, 11) is 0. The second-order valence-corrected chi connectivity index (χ2v) is 5.28. The molecule has 1 amide bonds. The van der Waals surface area contributed by atoms with Gasteiger partial charge in [0.1, 0.15) is 5.54 Å². The monoisotopic (exact) mass is 276 g/mol. The third kappa shape index (κ3) is 2.28. The molecule has 1 unspecified atom stereocenters. The van der Waals surface area contributed by atoms with Gasteiger partial charge in [-0.2, -0.15) is 0 Å². The molecule has 1 atom stereocenters. The number of aromatic nitrogens is 1. The van der Waals surface area contributed by atoms with Gasteiger partial charge in [0.15, 0.2) is 0 Å². The van der Waals surface area contributed by atoms with Crippen molar-refractivity contribution in [2.75, 3.05) is 6.54 Å². The Labute approximate surface area is 118 Å². The predicted molar refractivity (Wildman–Crippen MR) is 74.5 cm³/mol. The van der Waals surface area contributed by atoms with Gasteiger partial charge in [-0.05, 0) is 38.3 Å². The number of carbonyl (C=O) groups excluding carboxylic acids is 1. The Morgan fingerprint density at radius 1 is 1.50 bits per heavy atom. The Balaban J connectivity index is 2.38. The Morgan fingerprint density at radius 3 is 2.85 bits per heavy atom. The summed E-state index contributed by atoms with van der Waals surface area (Å²) in [4.78, 5) is 30.1. The Morgan fingerprint density at radius 2 is 2.25 bits per heavy atom. The number of pyridine rings is 1. The van der Waals surface area contributed by atoms with E-state index in [1.54, 1.807) is 25.3 Å². The molecule has 1 aromatic rings. The number of nitrogens with zero attached hydrogens (tertiary/aromatic N) is 2. The van der Waals surface area contributed by atoms with Gasteiger partial charge in [0.25, 0.3) is 5.91 Å². The van der Waals surface area contributed by atoms with E-state index in [-0.39, 0.29) is 5.91 Å². The van der Waals surface area contributed by atoms with Crippen LogP contribution in [-0.4, -0.2) is 39.0 Å². The fourth-order valence-corrected chi connectivity index (χ4v) is 3.03. The van der Waals surface area contributed by atoms with Crippen molar-refractivity contribution in [2.24, 2.45) is 0 Å². The van der Waals surface area contributed by atoms with Crippen molar-refractivity contribution in [3.63, 3.8) is 0 Å². The first kappa shape index (κ1) is 14.5. The number of carboxylic acid groups (broad SMARTS) is 1. The Kier molecular flexibility index (Phi) is 4.06. The highest BCUT2D eigenvalue weighted by Crippen LogP contribution is 2.35. The highest BCUT2D eigenvalue weighted by Gasteiger charge is 2.49. The summed E-state index contributed by atoms with van der Waals surface area (Å²) in [5.41, 5.74) is 0.0880. The van der Waals surface area contributed by atoms with Crippen LogP contribution in [0, 0.1) is 6.92 Å². The van der Waals surface area contributed by atoms with Crippen molar-refractivity contribution in [3.05, 3.63) is 29.6 Å². The average molecular weight is 276 g/mol. The van der Waals surface area contributed by atoms with E-state index in [1.165, 1.54) is 4.90 Å². The number of rotatable bonds is 4. The molecule has 108 valence electrons. The second kappa shape index (κ2) is 5.61. The number of carboxylic acids is 1. The van der Waals surface area contributed by atoms with Crippen molar-refractivity contribution in [3.8, 4) is 0 Å². The van der Waals surface area contributed by atoms with Crippen molar-refractivity contribution >= 4 is 11.9 Å². The highest BCUT2D eigenvalue weighted by molar-refractivity contribution is 5.99. The third-order valence-electron chi connectivity index (χ3n) is 4.03. The molecule has 1 aliphatic heterocycles. The molecule has 0 radical (unpaired) electrons. The zero-order chi connectivity index (χ0) is 14.8. The molecule has 5 heteroatoms. The molecule has 2 heterocycles. The zero-order valence-electron chi connectivity index (χ0n) is 11.9. The molecule has 20 heavy (non-hydrogen) atoms. The first-order valence-corrected chi connectivity index (χ1v) is 7.00. The minimum absolute atomic E-state index is 0.219. The maximum atomic E-state index is 12.7. The maximum Gasteiger partial charge on any atom is 0.329 e. The smallest absolute Gasteiger partial charge is 0.329 e. The first-order valence-electron chi connectivity index (χ1n) is 7.00. The van der Waals surface area contributed by atoms with E-state index < -0.39 is 11.5 Å². The van der Waals surface area contributed by atoms with E-state index in [9.17, 15) is 14.7 Å². The first-order chi connectivity index (χ1) is 9.53. The molecule has 0 saturated carbocycles. The molecule has 2 rings (SSSR count). The number of likely N-dealkylation sites (tertiary alicyclic amines) is 1. The van der Waals surface area contributed by atoms with Gasteiger partial charge in [-0.1, -0.05) is 13.3 Å². The number of hydrogen-bond donors (Lipinski definition) is 1. The molecule has 1 saturated heterocycles. The van der Waals surface area contributed by atoms with Crippen LogP contribution in [-0.2, 0) is 4.79 Å². The van der Waals surface area contributed by atoms with Crippen LogP contribution in [0.4, 0.5) is 0 Å². The molecule has 1 fully saturated rings. The van der Waals surface area contributed by atoms with Crippen LogP contribution >= 0.6 is 0 Å². The summed E-state index contributed by atoms with van der Waals surface area (Å²) in [6.07, 6.45) is 4.13. The molecule has 1 N–H and O–H groups in total. The quantitative estimate of drug-likeness (QED) is 0.915. The molecule has 0 aromatic carbocycles. The van der Waals surface area contributed by atoms with Gasteiger partial charge < -0.3 is 10.0 Å². The van der Waals surface area contributed by atoms with Gasteiger partial charge in [-0.15, -0.1) is 0 Å². The summed E-state index contributed by atoms with van der Waals surface area (Å²) in [5.74, 6) is -1.12. The molecular formula is C15H20N2O3. The molecule has 1 aromatic heterocycles. The van der Waals surface area contributed by atoms with Crippen molar-refractivity contribution in [2.45, 2.75) is 45.1 Å². The third-order valence-corrected chi connectivity index (χ3v) is 4.03. The van der Waals surface area contributed by atoms with Crippen LogP contribution in [0.5, 0.6) is 0 Å². The highest BCUT2D eigenvalue weighted by atomic mass is 16.4. The Bertz CT molecular complexity index is 530. The fourth-order valence-electron chi connectivity index (χ4n) is 3.03. The normalized spacial score (nSPS) is 22.0. The summed E-state index contributed by atoms with van der Waals surface area (Å²) in [5, 5.41) is 9.62.